The molecule has 0 spiro atoms. The zero-order chi connectivity index (χ0) is 22.5. The summed E-state index contributed by atoms with van der Waals surface area (Å²) in [5.41, 5.74) is 0.934. The van der Waals surface area contributed by atoms with Crippen LogP contribution in [0.3, 0.4) is 0 Å². The van der Waals surface area contributed by atoms with E-state index in [4.69, 9.17) is 9.47 Å². The Hall–Kier alpha value is -2.54. The summed E-state index contributed by atoms with van der Waals surface area (Å²) in [7, 11) is 0. The Morgan fingerprint density at radius 3 is 1.62 bits per heavy atom. The minimum Gasteiger partial charge on any atom is -0.462 e. The number of carbonyl (C=O) groups is 2. The van der Waals surface area contributed by atoms with Crippen LogP contribution in [0.1, 0.15) is 23.9 Å². The average molecular weight is 507 g/mol. The molecule has 0 saturated heterocycles. The lowest BCUT2D eigenvalue weighted by Gasteiger charge is -2.10. The number of rotatable bonds is 7. The molecule has 32 heavy (non-hydrogen) atoms. The van der Waals surface area contributed by atoms with Crippen molar-refractivity contribution in [3.8, 4) is 0 Å². The fourth-order valence-corrected chi connectivity index (χ4v) is 5.90. The van der Waals surface area contributed by atoms with Crippen molar-refractivity contribution >= 4 is 70.3 Å². The number of hydrogen-bond donors (Lipinski definition) is 2. The summed E-state index contributed by atoms with van der Waals surface area (Å²) < 4.78 is 10.5. The fourth-order valence-electron chi connectivity index (χ4n) is 2.73. The molecular weight excluding hydrogens is 489 g/mol. The number of ether oxygens (including phenoxy) is 2. The van der Waals surface area contributed by atoms with Gasteiger partial charge in [-0.2, -0.15) is 0 Å². The summed E-state index contributed by atoms with van der Waals surface area (Å²) in [5.74, 6) is -0.940. The number of thiazole rings is 2. The summed E-state index contributed by atoms with van der Waals surface area (Å²) in [6.07, 6.45) is 7.12. The molecule has 0 unspecified atom stereocenters. The van der Waals surface area contributed by atoms with Crippen LogP contribution in [-0.4, -0.2) is 35.1 Å². The fraction of sp³-hybridized carbons (Fsp3) is 0.200. The lowest BCUT2D eigenvalue weighted by atomic mass is 10.2. The van der Waals surface area contributed by atoms with Crippen LogP contribution in [-0.2, 0) is 19.1 Å². The van der Waals surface area contributed by atoms with Crippen LogP contribution in [0.2, 0.25) is 0 Å². The van der Waals surface area contributed by atoms with Gasteiger partial charge in [0.15, 0.2) is 0 Å². The molecule has 8 nitrogen and oxygen atoms in total. The normalized spacial score (nSPS) is 18.3. The average Bonchev–Trinajstić information content (AvgIpc) is 3.56. The lowest BCUT2D eigenvalue weighted by Crippen LogP contribution is -2.20. The summed E-state index contributed by atoms with van der Waals surface area (Å²) >= 11 is 5.45. The molecule has 0 aromatic carbocycles. The van der Waals surface area contributed by atoms with Gasteiger partial charge in [0.1, 0.15) is 19.8 Å². The molecule has 0 atom stereocenters. The molecule has 4 heterocycles. The van der Waals surface area contributed by atoms with Gasteiger partial charge in [-0.15, -0.1) is 22.7 Å². The third-order valence-corrected chi connectivity index (χ3v) is 7.43. The minimum absolute atomic E-state index is 0.239. The summed E-state index contributed by atoms with van der Waals surface area (Å²) in [6, 6.07) is 0. The Morgan fingerprint density at radius 2 is 1.28 bits per heavy atom. The molecule has 166 valence electrons. The number of thioether (sulfide) groups is 2. The first kappa shape index (κ1) is 22.6. The van der Waals surface area contributed by atoms with Gasteiger partial charge in [-0.3, -0.25) is 0 Å². The van der Waals surface area contributed by atoms with E-state index < -0.39 is 11.9 Å². The van der Waals surface area contributed by atoms with E-state index in [2.05, 4.69) is 20.6 Å². The predicted octanol–water partition coefficient (Wildman–Crippen LogP) is 4.12. The lowest BCUT2D eigenvalue weighted by molar-refractivity contribution is -0.138. The van der Waals surface area contributed by atoms with Crippen LogP contribution in [0.25, 0.3) is 12.2 Å². The summed E-state index contributed by atoms with van der Waals surface area (Å²) in [5, 5.41) is 13.3. The topological polar surface area (TPSA) is 102 Å². The van der Waals surface area contributed by atoms with Gasteiger partial charge >= 0.3 is 11.9 Å². The first-order valence-electron chi connectivity index (χ1n) is 9.54. The van der Waals surface area contributed by atoms with Crippen molar-refractivity contribution in [3.05, 3.63) is 64.4 Å². The van der Waals surface area contributed by atoms with E-state index in [9.17, 15) is 9.59 Å². The third-order valence-electron chi connectivity index (χ3n) is 3.96. The second kappa shape index (κ2) is 10.4. The second-order valence-electron chi connectivity index (χ2n) is 6.06. The first-order valence-corrected chi connectivity index (χ1v) is 12.9. The molecule has 2 aliphatic rings. The largest absolute Gasteiger partial charge is 0.462 e. The minimum atomic E-state index is -0.470. The number of esters is 2. The van der Waals surface area contributed by atoms with Crippen LogP contribution in [0, 0.1) is 0 Å². The smallest absolute Gasteiger partial charge is 0.347 e. The predicted molar refractivity (Wildman–Crippen MR) is 129 cm³/mol. The van der Waals surface area contributed by atoms with Crippen molar-refractivity contribution in [2.45, 2.75) is 13.8 Å². The molecule has 12 heteroatoms. The van der Waals surface area contributed by atoms with Crippen LogP contribution in [0.4, 0.5) is 0 Å². The van der Waals surface area contributed by atoms with Crippen molar-refractivity contribution < 1.29 is 19.1 Å². The molecule has 2 aromatic heterocycles. The number of nitrogens with zero attached hydrogens (tertiary/aromatic N) is 2. The zero-order valence-corrected chi connectivity index (χ0v) is 20.3. The standard InChI is InChI=1S/C20H18N4O4S4/c1-3-27-19(25)17-15(23-13(31-17)9-11-21-5-7-29-11)16-18(20(26)28-4-2)32-14(24-16)10-12-22-6-8-30-12/h5-10,23-24H,3-4H2,1-2H3. The maximum absolute atomic E-state index is 12.7. The monoisotopic (exact) mass is 506 g/mol. The van der Waals surface area contributed by atoms with Gasteiger partial charge in [-0.25, -0.2) is 19.6 Å². The maximum Gasteiger partial charge on any atom is 0.347 e. The third kappa shape index (κ3) is 5.09. The number of hydrogen-bond acceptors (Lipinski definition) is 12. The van der Waals surface area contributed by atoms with E-state index in [-0.39, 0.29) is 13.2 Å². The van der Waals surface area contributed by atoms with Gasteiger partial charge in [0.25, 0.3) is 0 Å². The molecule has 0 fully saturated rings. The number of carbonyl (C=O) groups excluding carboxylic acids is 2. The molecule has 0 saturated carbocycles. The quantitative estimate of drug-likeness (QED) is 0.533. The summed E-state index contributed by atoms with van der Waals surface area (Å²) in [6.45, 7) is 3.98. The zero-order valence-electron chi connectivity index (χ0n) is 17.0. The molecule has 0 aliphatic carbocycles. The van der Waals surface area contributed by atoms with E-state index in [1.807, 2.05) is 22.9 Å². The van der Waals surface area contributed by atoms with Gasteiger partial charge < -0.3 is 20.1 Å². The Balaban J connectivity index is 1.73. The highest BCUT2D eigenvalue weighted by Gasteiger charge is 2.36. The van der Waals surface area contributed by atoms with Gasteiger partial charge in [0, 0.05) is 35.3 Å². The highest BCUT2D eigenvalue weighted by molar-refractivity contribution is 8.08. The molecule has 2 aromatic rings. The van der Waals surface area contributed by atoms with Crippen molar-refractivity contribution in [3.63, 3.8) is 0 Å². The summed E-state index contributed by atoms with van der Waals surface area (Å²) in [4.78, 5) is 34.7. The van der Waals surface area contributed by atoms with Gasteiger partial charge in [0.2, 0.25) is 0 Å². The Labute approximate surface area is 200 Å². The van der Waals surface area contributed by atoms with E-state index in [1.165, 1.54) is 46.2 Å². The molecule has 2 N–H and O–H groups in total. The van der Waals surface area contributed by atoms with Crippen LogP contribution in [0.15, 0.2) is 54.4 Å². The Morgan fingerprint density at radius 1 is 0.844 bits per heavy atom. The molecule has 0 radical (unpaired) electrons. The van der Waals surface area contributed by atoms with Gasteiger partial charge in [-0.1, -0.05) is 23.5 Å². The highest BCUT2D eigenvalue weighted by Crippen LogP contribution is 2.44. The number of nitrogens with one attached hydrogen (secondary N) is 2. The van der Waals surface area contributed by atoms with Crippen molar-refractivity contribution in [2.75, 3.05) is 13.2 Å². The second-order valence-corrected chi connectivity index (χ2v) is 10.0. The van der Waals surface area contributed by atoms with Gasteiger partial charge in [-0.05, 0) is 13.8 Å². The van der Waals surface area contributed by atoms with Crippen LogP contribution in [0.5, 0.6) is 0 Å². The van der Waals surface area contributed by atoms with Crippen molar-refractivity contribution in [1.29, 1.82) is 0 Å². The first-order chi connectivity index (χ1) is 15.6. The van der Waals surface area contributed by atoms with Gasteiger partial charge in [0.05, 0.1) is 34.7 Å². The molecular formula is C20H18N4O4S4. The Kier molecular flexibility index (Phi) is 7.35. The molecule has 2 aliphatic heterocycles. The van der Waals surface area contributed by atoms with E-state index in [0.29, 0.717) is 31.3 Å². The molecule has 0 amide bonds. The SMILES string of the molecule is CCOC(=O)C1=C(C2=C(C(=O)OCC)SC(=Cc3nccs3)N2)NC(=Cc2nccs2)S1. The Bertz CT molecular complexity index is 1040. The molecule has 0 bridgehead atoms. The van der Waals surface area contributed by atoms with E-state index >= 15 is 0 Å². The molecule has 4 rings (SSSR count). The number of aromatic nitrogens is 2. The van der Waals surface area contributed by atoms with E-state index in [1.54, 1.807) is 26.2 Å². The van der Waals surface area contributed by atoms with Crippen LogP contribution < -0.4 is 10.6 Å². The maximum atomic E-state index is 12.7. The van der Waals surface area contributed by atoms with E-state index in [0.717, 1.165) is 10.0 Å². The van der Waals surface area contributed by atoms with Crippen LogP contribution >= 0.6 is 46.2 Å². The van der Waals surface area contributed by atoms with Crippen molar-refractivity contribution in [2.24, 2.45) is 0 Å². The highest BCUT2D eigenvalue weighted by atomic mass is 32.2. The van der Waals surface area contributed by atoms with Crippen molar-refractivity contribution in [1.82, 2.24) is 20.6 Å².